The Kier molecular flexibility index (Phi) is 3.28. The van der Waals surface area contributed by atoms with Crippen LogP contribution < -0.4 is 10.6 Å². The molecule has 0 aromatic heterocycles. The Hall–Kier alpha value is -1.62. The molecule has 1 aromatic carbocycles. The SMILES string of the molecule is N=C(N)c1ccc(N2CCC(CO)C2)c(F)c1. The molecule has 4 N–H and O–H groups in total. The molecule has 1 unspecified atom stereocenters. The number of hydrogen-bond acceptors (Lipinski definition) is 3. The Balaban J connectivity index is 2.20. The molecule has 1 atom stereocenters. The minimum absolute atomic E-state index is 0.134. The zero-order chi connectivity index (χ0) is 12.4. The summed E-state index contributed by atoms with van der Waals surface area (Å²) >= 11 is 0. The molecule has 0 saturated carbocycles. The van der Waals surface area contributed by atoms with Gasteiger partial charge < -0.3 is 15.7 Å². The maximum Gasteiger partial charge on any atom is 0.147 e. The molecule has 17 heavy (non-hydrogen) atoms. The third-order valence-corrected chi connectivity index (χ3v) is 3.14. The van der Waals surface area contributed by atoms with E-state index in [0.717, 1.165) is 13.0 Å². The van der Waals surface area contributed by atoms with Gasteiger partial charge in [0.25, 0.3) is 0 Å². The van der Waals surface area contributed by atoms with E-state index >= 15 is 0 Å². The Labute approximate surface area is 99.4 Å². The molecule has 4 nitrogen and oxygen atoms in total. The maximum atomic E-state index is 13.8. The van der Waals surface area contributed by atoms with Crippen molar-refractivity contribution in [3.63, 3.8) is 0 Å². The number of aliphatic hydroxyl groups is 1. The molecule has 92 valence electrons. The van der Waals surface area contributed by atoms with Gasteiger partial charge in [0, 0.05) is 31.2 Å². The largest absolute Gasteiger partial charge is 0.396 e. The second kappa shape index (κ2) is 4.71. The van der Waals surface area contributed by atoms with E-state index in [1.54, 1.807) is 12.1 Å². The van der Waals surface area contributed by atoms with Gasteiger partial charge in [-0.1, -0.05) is 0 Å². The number of hydrogen-bond donors (Lipinski definition) is 3. The Bertz CT molecular complexity index is 436. The molecule has 0 amide bonds. The Morgan fingerprint density at radius 3 is 2.88 bits per heavy atom. The number of nitrogens with two attached hydrogens (primary N) is 1. The van der Waals surface area contributed by atoms with Crippen LogP contribution in [0.4, 0.5) is 10.1 Å². The number of halogens is 1. The zero-order valence-corrected chi connectivity index (χ0v) is 9.49. The van der Waals surface area contributed by atoms with Crippen molar-refractivity contribution in [2.24, 2.45) is 11.7 Å². The Morgan fingerprint density at radius 2 is 2.35 bits per heavy atom. The summed E-state index contributed by atoms with van der Waals surface area (Å²) < 4.78 is 13.8. The molecule has 0 aliphatic carbocycles. The van der Waals surface area contributed by atoms with Crippen molar-refractivity contribution in [2.45, 2.75) is 6.42 Å². The normalized spacial score (nSPS) is 19.6. The number of aliphatic hydroxyl groups excluding tert-OH is 1. The van der Waals surface area contributed by atoms with Gasteiger partial charge in [0.15, 0.2) is 0 Å². The van der Waals surface area contributed by atoms with E-state index in [1.165, 1.54) is 6.07 Å². The minimum atomic E-state index is -0.365. The predicted molar refractivity (Wildman–Crippen MR) is 64.8 cm³/mol. The van der Waals surface area contributed by atoms with Crippen LogP contribution in [0.2, 0.25) is 0 Å². The topological polar surface area (TPSA) is 73.3 Å². The van der Waals surface area contributed by atoms with Gasteiger partial charge in [-0.2, -0.15) is 0 Å². The van der Waals surface area contributed by atoms with Gasteiger partial charge in [0.2, 0.25) is 0 Å². The van der Waals surface area contributed by atoms with Crippen LogP contribution in [0.25, 0.3) is 0 Å². The van der Waals surface area contributed by atoms with Gasteiger partial charge in [-0.25, -0.2) is 4.39 Å². The number of anilines is 1. The van der Waals surface area contributed by atoms with E-state index in [-0.39, 0.29) is 24.2 Å². The highest BCUT2D eigenvalue weighted by Gasteiger charge is 2.23. The van der Waals surface area contributed by atoms with Gasteiger partial charge in [-0.3, -0.25) is 5.41 Å². The fourth-order valence-electron chi connectivity index (χ4n) is 2.13. The van der Waals surface area contributed by atoms with E-state index in [9.17, 15) is 4.39 Å². The van der Waals surface area contributed by atoms with Crippen LogP contribution in [0.5, 0.6) is 0 Å². The fraction of sp³-hybridized carbons (Fsp3) is 0.417. The maximum absolute atomic E-state index is 13.8. The molecule has 1 fully saturated rings. The van der Waals surface area contributed by atoms with E-state index in [1.807, 2.05) is 4.90 Å². The van der Waals surface area contributed by atoms with Crippen molar-refractivity contribution in [1.29, 1.82) is 5.41 Å². The first-order valence-corrected chi connectivity index (χ1v) is 5.61. The van der Waals surface area contributed by atoms with Gasteiger partial charge in [0.05, 0.1) is 5.69 Å². The molecule has 1 aliphatic heterocycles. The van der Waals surface area contributed by atoms with Crippen molar-refractivity contribution < 1.29 is 9.50 Å². The monoisotopic (exact) mass is 237 g/mol. The average molecular weight is 237 g/mol. The minimum Gasteiger partial charge on any atom is -0.396 e. The van der Waals surface area contributed by atoms with Gasteiger partial charge >= 0.3 is 0 Å². The summed E-state index contributed by atoms with van der Waals surface area (Å²) in [5, 5.41) is 16.3. The predicted octanol–water partition coefficient (Wildman–Crippen LogP) is 0.928. The number of benzene rings is 1. The van der Waals surface area contributed by atoms with Crippen molar-refractivity contribution in [3.8, 4) is 0 Å². The lowest BCUT2D eigenvalue weighted by atomic mass is 10.1. The van der Waals surface area contributed by atoms with E-state index in [4.69, 9.17) is 16.2 Å². The summed E-state index contributed by atoms with van der Waals surface area (Å²) in [5.41, 5.74) is 6.21. The Morgan fingerprint density at radius 1 is 1.59 bits per heavy atom. The standard InChI is InChI=1S/C12H16FN3O/c13-10-5-9(12(14)15)1-2-11(10)16-4-3-8(6-16)7-17/h1-2,5,8,17H,3-4,6-7H2,(H3,14,15). The van der Waals surface area contributed by atoms with Gasteiger partial charge in [-0.05, 0) is 24.6 Å². The first kappa shape index (κ1) is 11.9. The van der Waals surface area contributed by atoms with Crippen molar-refractivity contribution in [1.82, 2.24) is 0 Å². The van der Waals surface area contributed by atoms with Crippen LogP contribution in [0, 0.1) is 17.1 Å². The summed E-state index contributed by atoms with van der Waals surface area (Å²) in [6.07, 6.45) is 0.879. The molecule has 0 bridgehead atoms. The summed E-state index contributed by atoms with van der Waals surface area (Å²) in [6, 6.07) is 4.57. The molecule has 5 heteroatoms. The van der Waals surface area contributed by atoms with Crippen LogP contribution in [-0.4, -0.2) is 30.6 Å². The highest BCUT2D eigenvalue weighted by atomic mass is 19.1. The quantitative estimate of drug-likeness (QED) is 0.541. The second-order valence-corrected chi connectivity index (χ2v) is 4.36. The number of nitrogens with zero attached hydrogens (tertiary/aromatic N) is 1. The van der Waals surface area contributed by atoms with Crippen LogP contribution in [0.3, 0.4) is 0 Å². The van der Waals surface area contributed by atoms with E-state index < -0.39 is 0 Å². The molecule has 1 saturated heterocycles. The van der Waals surface area contributed by atoms with Crippen molar-refractivity contribution >= 4 is 11.5 Å². The van der Waals surface area contributed by atoms with Crippen molar-refractivity contribution in [3.05, 3.63) is 29.6 Å². The van der Waals surface area contributed by atoms with Crippen LogP contribution in [-0.2, 0) is 0 Å². The number of amidine groups is 1. The summed E-state index contributed by atoms with van der Waals surface area (Å²) in [5.74, 6) is -0.275. The molecule has 1 heterocycles. The first-order valence-electron chi connectivity index (χ1n) is 5.61. The lowest BCUT2D eigenvalue weighted by molar-refractivity contribution is 0.238. The van der Waals surface area contributed by atoms with E-state index in [0.29, 0.717) is 17.8 Å². The second-order valence-electron chi connectivity index (χ2n) is 4.36. The first-order chi connectivity index (χ1) is 8.11. The highest BCUT2D eigenvalue weighted by Crippen LogP contribution is 2.26. The van der Waals surface area contributed by atoms with Crippen LogP contribution in [0.1, 0.15) is 12.0 Å². The van der Waals surface area contributed by atoms with Gasteiger partial charge in [-0.15, -0.1) is 0 Å². The lowest BCUT2D eigenvalue weighted by Crippen LogP contribution is -2.22. The molecular weight excluding hydrogens is 221 g/mol. The third kappa shape index (κ3) is 2.39. The molecular formula is C12H16FN3O. The summed E-state index contributed by atoms with van der Waals surface area (Å²) in [7, 11) is 0. The highest BCUT2D eigenvalue weighted by molar-refractivity contribution is 5.95. The molecule has 0 radical (unpaired) electrons. The summed E-state index contributed by atoms with van der Waals surface area (Å²) in [4.78, 5) is 1.92. The zero-order valence-electron chi connectivity index (χ0n) is 9.49. The summed E-state index contributed by atoms with van der Waals surface area (Å²) in [6.45, 7) is 1.57. The lowest BCUT2D eigenvalue weighted by Gasteiger charge is -2.19. The van der Waals surface area contributed by atoms with E-state index in [2.05, 4.69) is 0 Å². The number of nitrogens with one attached hydrogen (secondary N) is 1. The molecule has 1 aliphatic rings. The number of rotatable bonds is 3. The smallest absolute Gasteiger partial charge is 0.147 e. The molecule has 2 rings (SSSR count). The van der Waals surface area contributed by atoms with Gasteiger partial charge in [0.1, 0.15) is 11.7 Å². The molecule has 0 spiro atoms. The third-order valence-electron chi connectivity index (χ3n) is 3.14. The van der Waals surface area contributed by atoms with Crippen LogP contribution >= 0.6 is 0 Å². The van der Waals surface area contributed by atoms with Crippen molar-refractivity contribution in [2.75, 3.05) is 24.6 Å². The number of nitrogen functional groups attached to an aromatic ring is 1. The van der Waals surface area contributed by atoms with Crippen LogP contribution in [0.15, 0.2) is 18.2 Å². The molecule has 1 aromatic rings. The average Bonchev–Trinajstić information content (AvgIpc) is 2.77. The fourth-order valence-corrected chi connectivity index (χ4v) is 2.13.